The first kappa shape index (κ1) is 17.0. The lowest BCUT2D eigenvalue weighted by Crippen LogP contribution is -2.15. The van der Waals surface area contributed by atoms with Crippen molar-refractivity contribution in [2.24, 2.45) is 0 Å². The zero-order valence-electron chi connectivity index (χ0n) is 12.8. The summed E-state index contributed by atoms with van der Waals surface area (Å²) in [6.07, 6.45) is 1.20. The van der Waals surface area contributed by atoms with Gasteiger partial charge < -0.3 is 4.74 Å². The van der Waals surface area contributed by atoms with Crippen molar-refractivity contribution in [2.75, 3.05) is 11.9 Å². The molecule has 0 unspecified atom stereocenters. The van der Waals surface area contributed by atoms with Crippen molar-refractivity contribution >= 4 is 51.5 Å². The highest BCUT2D eigenvalue weighted by molar-refractivity contribution is 7.15. The molecule has 2 heterocycles. The fraction of sp³-hybridized carbons (Fsp3) is 0.267. The molecule has 0 aliphatic rings. The zero-order valence-corrected chi connectivity index (χ0v) is 15.1. The van der Waals surface area contributed by atoms with E-state index >= 15 is 0 Å². The zero-order chi connectivity index (χ0) is 17.1. The fourth-order valence-electron chi connectivity index (χ4n) is 2.05. The highest BCUT2D eigenvalue weighted by Crippen LogP contribution is 2.33. The van der Waals surface area contributed by atoms with Gasteiger partial charge in [-0.25, -0.2) is 9.31 Å². The maximum atomic E-state index is 11.7. The number of amides is 1. The minimum Gasteiger partial charge on any atom is -0.449 e. The molecule has 0 aliphatic heterocycles. The minimum atomic E-state index is -0.566. The van der Waals surface area contributed by atoms with Crippen molar-refractivity contribution in [3.05, 3.63) is 33.6 Å². The van der Waals surface area contributed by atoms with Crippen LogP contribution in [0.4, 0.5) is 10.7 Å². The van der Waals surface area contributed by atoms with Gasteiger partial charge in [-0.05, 0) is 24.6 Å². The number of benzene rings is 1. The van der Waals surface area contributed by atoms with Crippen LogP contribution >= 0.6 is 34.5 Å². The second-order valence-electron chi connectivity index (χ2n) is 4.99. The standard InChI is InChI=1S/C15H14Cl2N4O2S/c1-2-3-6-23-15(22)19-13-18-14-21(20-13)12(8-24-14)10-7-9(16)4-5-11(10)17/h4-5,7-8H,2-3,6H2,1H3,(H,19,20,22). The number of thiazole rings is 1. The number of hydrogen-bond donors (Lipinski definition) is 1. The van der Waals surface area contributed by atoms with Gasteiger partial charge in [0.05, 0.1) is 17.3 Å². The van der Waals surface area contributed by atoms with Gasteiger partial charge in [0.25, 0.3) is 5.95 Å². The van der Waals surface area contributed by atoms with Gasteiger partial charge >= 0.3 is 6.09 Å². The molecule has 3 rings (SSSR count). The largest absolute Gasteiger partial charge is 0.449 e. The van der Waals surface area contributed by atoms with Gasteiger partial charge in [0, 0.05) is 16.0 Å². The summed E-state index contributed by atoms with van der Waals surface area (Å²) in [7, 11) is 0. The van der Waals surface area contributed by atoms with E-state index in [1.807, 2.05) is 12.3 Å². The predicted octanol–water partition coefficient (Wildman–Crippen LogP) is 5.11. The Kier molecular flexibility index (Phi) is 5.23. The van der Waals surface area contributed by atoms with Crippen molar-refractivity contribution in [1.29, 1.82) is 0 Å². The summed E-state index contributed by atoms with van der Waals surface area (Å²) in [6.45, 7) is 2.39. The van der Waals surface area contributed by atoms with Crippen LogP contribution in [0.5, 0.6) is 0 Å². The number of nitrogens with zero attached hydrogens (tertiary/aromatic N) is 3. The molecule has 0 bridgehead atoms. The summed E-state index contributed by atoms with van der Waals surface area (Å²) < 4.78 is 6.65. The van der Waals surface area contributed by atoms with Crippen LogP contribution in [0, 0.1) is 0 Å². The van der Waals surface area contributed by atoms with E-state index in [-0.39, 0.29) is 5.95 Å². The maximum absolute atomic E-state index is 11.7. The fourth-order valence-corrected chi connectivity index (χ4v) is 3.26. The topological polar surface area (TPSA) is 68.5 Å². The third-order valence-electron chi connectivity index (χ3n) is 3.23. The van der Waals surface area contributed by atoms with E-state index in [9.17, 15) is 4.79 Å². The molecule has 0 saturated heterocycles. The number of anilines is 1. The number of unbranched alkanes of at least 4 members (excludes halogenated alkanes) is 1. The molecule has 3 aromatic rings. The molecule has 0 fully saturated rings. The molecule has 0 atom stereocenters. The molecule has 24 heavy (non-hydrogen) atoms. The minimum absolute atomic E-state index is 0.183. The average Bonchev–Trinajstić information content (AvgIpc) is 3.10. The van der Waals surface area contributed by atoms with Gasteiger partial charge in [0.1, 0.15) is 0 Å². The Labute approximate surface area is 152 Å². The third kappa shape index (κ3) is 3.63. The number of nitrogens with one attached hydrogen (secondary N) is 1. The SMILES string of the molecule is CCCCOC(=O)Nc1nc2scc(-c3cc(Cl)ccc3Cl)n2n1. The molecule has 0 aliphatic carbocycles. The predicted molar refractivity (Wildman–Crippen MR) is 96.2 cm³/mol. The molecule has 1 N–H and O–H groups in total. The van der Waals surface area contributed by atoms with Crippen LogP contribution in [-0.4, -0.2) is 27.3 Å². The van der Waals surface area contributed by atoms with Crippen LogP contribution in [0.3, 0.4) is 0 Å². The molecular weight excluding hydrogens is 371 g/mol. The summed E-state index contributed by atoms with van der Waals surface area (Å²) in [4.78, 5) is 16.6. The van der Waals surface area contributed by atoms with Crippen molar-refractivity contribution in [1.82, 2.24) is 14.6 Å². The molecular formula is C15H14Cl2N4O2S. The van der Waals surface area contributed by atoms with Crippen LogP contribution in [0.15, 0.2) is 23.6 Å². The second-order valence-corrected chi connectivity index (χ2v) is 6.67. The van der Waals surface area contributed by atoms with E-state index < -0.39 is 6.09 Å². The Balaban J connectivity index is 1.84. The van der Waals surface area contributed by atoms with E-state index in [0.29, 0.717) is 21.6 Å². The molecule has 6 nitrogen and oxygen atoms in total. The molecule has 9 heteroatoms. The lowest BCUT2D eigenvalue weighted by atomic mass is 10.2. The second kappa shape index (κ2) is 7.38. The number of carbonyl (C=O) groups is 1. The smallest absolute Gasteiger partial charge is 0.414 e. The van der Waals surface area contributed by atoms with E-state index in [0.717, 1.165) is 24.1 Å². The van der Waals surface area contributed by atoms with E-state index in [1.165, 1.54) is 11.3 Å². The lowest BCUT2D eigenvalue weighted by Gasteiger charge is -2.03. The molecule has 1 aromatic carbocycles. The number of rotatable bonds is 5. The number of fused-ring (bicyclic) bond motifs is 1. The van der Waals surface area contributed by atoms with Gasteiger partial charge in [-0.2, -0.15) is 4.98 Å². The van der Waals surface area contributed by atoms with Crippen molar-refractivity contribution in [3.63, 3.8) is 0 Å². The summed E-state index contributed by atoms with van der Waals surface area (Å²) in [5.41, 5.74) is 1.50. The van der Waals surface area contributed by atoms with Crippen LogP contribution in [-0.2, 0) is 4.74 Å². The first-order chi connectivity index (χ1) is 11.6. The maximum Gasteiger partial charge on any atom is 0.414 e. The number of hydrogen-bond acceptors (Lipinski definition) is 5. The molecule has 126 valence electrons. The van der Waals surface area contributed by atoms with Crippen LogP contribution in [0.1, 0.15) is 19.8 Å². The monoisotopic (exact) mass is 384 g/mol. The van der Waals surface area contributed by atoms with E-state index in [2.05, 4.69) is 15.4 Å². The first-order valence-corrected chi connectivity index (χ1v) is 8.95. The first-order valence-electron chi connectivity index (χ1n) is 7.32. The number of halogens is 2. The summed E-state index contributed by atoms with van der Waals surface area (Å²) in [6, 6.07) is 5.21. The van der Waals surface area contributed by atoms with Crippen molar-refractivity contribution in [3.8, 4) is 11.3 Å². The Morgan fingerprint density at radius 3 is 3.04 bits per heavy atom. The summed E-state index contributed by atoms with van der Waals surface area (Å²) >= 11 is 13.7. The average molecular weight is 385 g/mol. The lowest BCUT2D eigenvalue weighted by molar-refractivity contribution is 0.159. The third-order valence-corrected chi connectivity index (χ3v) is 4.61. The Hall–Kier alpha value is -1.83. The van der Waals surface area contributed by atoms with Crippen LogP contribution in [0.2, 0.25) is 10.0 Å². The number of carbonyl (C=O) groups excluding carboxylic acids is 1. The normalized spacial score (nSPS) is 11.0. The number of aromatic nitrogens is 3. The van der Waals surface area contributed by atoms with Crippen molar-refractivity contribution < 1.29 is 9.53 Å². The quantitative estimate of drug-likeness (QED) is 0.620. The van der Waals surface area contributed by atoms with Gasteiger partial charge in [0.2, 0.25) is 4.96 Å². The van der Waals surface area contributed by atoms with E-state index in [1.54, 1.807) is 22.7 Å². The van der Waals surface area contributed by atoms with E-state index in [4.69, 9.17) is 27.9 Å². The van der Waals surface area contributed by atoms with Gasteiger partial charge in [-0.1, -0.05) is 36.5 Å². The van der Waals surface area contributed by atoms with Gasteiger partial charge in [-0.3, -0.25) is 5.32 Å². The van der Waals surface area contributed by atoms with Crippen LogP contribution < -0.4 is 5.32 Å². The van der Waals surface area contributed by atoms with Gasteiger partial charge in [-0.15, -0.1) is 16.4 Å². The van der Waals surface area contributed by atoms with Crippen LogP contribution in [0.25, 0.3) is 16.2 Å². The Morgan fingerprint density at radius 2 is 2.25 bits per heavy atom. The molecule has 0 saturated carbocycles. The summed E-state index contributed by atoms with van der Waals surface area (Å²) in [5, 5.41) is 9.83. The Morgan fingerprint density at radius 1 is 1.42 bits per heavy atom. The molecule has 0 spiro atoms. The van der Waals surface area contributed by atoms with Crippen molar-refractivity contribution in [2.45, 2.75) is 19.8 Å². The Bertz CT molecular complexity index is 878. The van der Waals surface area contributed by atoms with Gasteiger partial charge in [0.15, 0.2) is 0 Å². The highest BCUT2D eigenvalue weighted by Gasteiger charge is 2.15. The molecule has 0 radical (unpaired) electrons. The summed E-state index contributed by atoms with van der Waals surface area (Å²) in [5.74, 6) is 0.183. The molecule has 1 amide bonds. The molecule has 2 aromatic heterocycles. The number of ether oxygens (including phenoxy) is 1. The highest BCUT2D eigenvalue weighted by atomic mass is 35.5.